The molecule has 2 aromatic carbocycles. The summed E-state index contributed by atoms with van der Waals surface area (Å²) in [5.41, 5.74) is 2.94. The molecule has 0 saturated carbocycles. The van der Waals surface area contributed by atoms with Gasteiger partial charge in [-0.15, -0.1) is 0 Å². The highest BCUT2D eigenvalue weighted by Crippen LogP contribution is 2.21. The Kier molecular flexibility index (Phi) is 5.03. The Morgan fingerprint density at radius 3 is 2.38 bits per heavy atom. The molecule has 2 rings (SSSR count). The third kappa shape index (κ3) is 4.06. The third-order valence-corrected chi connectivity index (χ3v) is 5.12. The minimum absolute atomic E-state index is 0.258. The quantitative estimate of drug-likeness (QED) is 0.851. The summed E-state index contributed by atoms with van der Waals surface area (Å²) >= 11 is 3.40. The van der Waals surface area contributed by atoms with Crippen LogP contribution in [0.25, 0.3) is 0 Å². The number of benzene rings is 2. The van der Waals surface area contributed by atoms with Gasteiger partial charge >= 0.3 is 0 Å². The van der Waals surface area contributed by atoms with E-state index in [1.807, 2.05) is 31.2 Å². The van der Waals surface area contributed by atoms with Crippen molar-refractivity contribution in [2.45, 2.75) is 18.4 Å². The van der Waals surface area contributed by atoms with E-state index in [-0.39, 0.29) is 4.90 Å². The molecule has 21 heavy (non-hydrogen) atoms. The Balaban J connectivity index is 2.20. The number of halogens is 1. The van der Waals surface area contributed by atoms with Crippen molar-refractivity contribution in [3.8, 4) is 0 Å². The van der Waals surface area contributed by atoms with E-state index in [9.17, 15) is 8.42 Å². The van der Waals surface area contributed by atoms with Gasteiger partial charge in [0.2, 0.25) is 10.0 Å². The van der Waals surface area contributed by atoms with E-state index < -0.39 is 10.0 Å². The molecule has 0 amide bonds. The number of anilines is 1. The van der Waals surface area contributed by atoms with Gasteiger partial charge in [-0.2, -0.15) is 0 Å². The lowest BCUT2D eigenvalue weighted by Crippen LogP contribution is -2.18. The van der Waals surface area contributed by atoms with Crippen molar-refractivity contribution in [2.24, 2.45) is 0 Å². The molecule has 6 heteroatoms. The summed E-state index contributed by atoms with van der Waals surface area (Å²) in [6.45, 7) is 2.58. The van der Waals surface area contributed by atoms with Crippen LogP contribution in [-0.4, -0.2) is 15.5 Å². The molecule has 0 heterocycles. The molecule has 0 radical (unpaired) electrons. The van der Waals surface area contributed by atoms with Gasteiger partial charge in [-0.05, 0) is 49.4 Å². The second-order valence-corrected chi connectivity index (χ2v) is 7.47. The Bertz CT molecular complexity index is 728. The Labute approximate surface area is 133 Å². The first-order valence-electron chi connectivity index (χ1n) is 6.45. The number of rotatable bonds is 5. The maximum atomic E-state index is 11.8. The molecule has 0 aliphatic carbocycles. The van der Waals surface area contributed by atoms with Crippen molar-refractivity contribution in [3.63, 3.8) is 0 Å². The zero-order valence-electron chi connectivity index (χ0n) is 11.9. The molecule has 0 aliphatic rings. The molecule has 2 aromatic rings. The number of hydrogen-bond acceptors (Lipinski definition) is 3. The van der Waals surface area contributed by atoms with Crippen molar-refractivity contribution in [1.29, 1.82) is 0 Å². The van der Waals surface area contributed by atoms with Gasteiger partial charge in [0, 0.05) is 16.7 Å². The van der Waals surface area contributed by atoms with Crippen molar-refractivity contribution >= 4 is 31.6 Å². The minimum atomic E-state index is -3.42. The average Bonchev–Trinajstić information content (AvgIpc) is 2.48. The SMILES string of the molecule is CNS(=O)(=O)c1ccc(C)c(NCc2ccc(Br)cc2)c1. The van der Waals surface area contributed by atoms with E-state index in [0.29, 0.717) is 6.54 Å². The van der Waals surface area contributed by atoms with Crippen LogP contribution in [-0.2, 0) is 16.6 Å². The van der Waals surface area contributed by atoms with Gasteiger partial charge in [0.15, 0.2) is 0 Å². The van der Waals surface area contributed by atoms with Gasteiger partial charge in [-0.25, -0.2) is 13.1 Å². The standard InChI is InChI=1S/C15H17BrN2O2S/c1-11-3-8-14(21(19,20)17-2)9-15(11)18-10-12-4-6-13(16)7-5-12/h3-9,17-18H,10H2,1-2H3. The molecular weight excluding hydrogens is 352 g/mol. The van der Waals surface area contributed by atoms with Gasteiger partial charge in [-0.1, -0.05) is 34.1 Å². The van der Waals surface area contributed by atoms with Crippen LogP contribution in [0.3, 0.4) is 0 Å². The van der Waals surface area contributed by atoms with Crippen molar-refractivity contribution in [2.75, 3.05) is 12.4 Å². The van der Waals surface area contributed by atoms with E-state index in [1.54, 1.807) is 18.2 Å². The lowest BCUT2D eigenvalue weighted by atomic mass is 10.2. The Hall–Kier alpha value is -1.37. The second-order valence-electron chi connectivity index (χ2n) is 4.66. The zero-order chi connectivity index (χ0) is 15.5. The zero-order valence-corrected chi connectivity index (χ0v) is 14.3. The molecule has 0 bridgehead atoms. The maximum Gasteiger partial charge on any atom is 0.240 e. The van der Waals surface area contributed by atoms with Crippen LogP contribution < -0.4 is 10.0 Å². The lowest BCUT2D eigenvalue weighted by molar-refractivity contribution is 0.588. The molecule has 4 nitrogen and oxygen atoms in total. The van der Waals surface area contributed by atoms with Gasteiger partial charge in [0.1, 0.15) is 0 Å². The first kappa shape index (κ1) is 16.0. The second kappa shape index (κ2) is 6.60. The smallest absolute Gasteiger partial charge is 0.240 e. The van der Waals surface area contributed by atoms with Gasteiger partial charge in [0.25, 0.3) is 0 Å². The predicted molar refractivity (Wildman–Crippen MR) is 88.9 cm³/mol. The van der Waals surface area contributed by atoms with E-state index >= 15 is 0 Å². The highest BCUT2D eigenvalue weighted by molar-refractivity contribution is 9.10. The summed E-state index contributed by atoms with van der Waals surface area (Å²) in [6.07, 6.45) is 0. The first-order chi connectivity index (χ1) is 9.92. The highest BCUT2D eigenvalue weighted by atomic mass is 79.9. The van der Waals surface area contributed by atoms with Crippen LogP contribution in [0.1, 0.15) is 11.1 Å². The van der Waals surface area contributed by atoms with Crippen molar-refractivity contribution in [3.05, 3.63) is 58.1 Å². The summed E-state index contributed by atoms with van der Waals surface area (Å²) in [4.78, 5) is 0.258. The van der Waals surface area contributed by atoms with Crippen molar-refractivity contribution < 1.29 is 8.42 Å². The third-order valence-electron chi connectivity index (χ3n) is 3.18. The number of nitrogens with one attached hydrogen (secondary N) is 2. The summed E-state index contributed by atoms with van der Waals surface area (Å²) in [5.74, 6) is 0. The molecule has 2 N–H and O–H groups in total. The van der Waals surface area contributed by atoms with Gasteiger partial charge in [0.05, 0.1) is 4.90 Å². The van der Waals surface area contributed by atoms with Gasteiger partial charge in [-0.3, -0.25) is 0 Å². The number of hydrogen-bond donors (Lipinski definition) is 2. The molecule has 0 fully saturated rings. The highest BCUT2D eigenvalue weighted by Gasteiger charge is 2.12. The topological polar surface area (TPSA) is 58.2 Å². The predicted octanol–water partition coefficient (Wildman–Crippen LogP) is 3.28. The van der Waals surface area contributed by atoms with E-state index in [0.717, 1.165) is 21.3 Å². The Morgan fingerprint density at radius 2 is 1.76 bits per heavy atom. The summed E-state index contributed by atoms with van der Waals surface area (Å²) in [6, 6.07) is 13.0. The van der Waals surface area contributed by atoms with Gasteiger partial charge < -0.3 is 5.32 Å². The minimum Gasteiger partial charge on any atom is -0.381 e. The van der Waals surface area contributed by atoms with Crippen LogP contribution in [0, 0.1) is 6.92 Å². The largest absolute Gasteiger partial charge is 0.381 e. The molecule has 0 saturated heterocycles. The molecule has 0 unspecified atom stereocenters. The number of aryl methyl sites for hydroxylation is 1. The molecule has 112 valence electrons. The maximum absolute atomic E-state index is 11.8. The van der Waals surface area contributed by atoms with Crippen LogP contribution in [0.15, 0.2) is 51.8 Å². The normalized spacial score (nSPS) is 11.4. The number of sulfonamides is 1. The van der Waals surface area contributed by atoms with E-state index in [1.165, 1.54) is 7.05 Å². The molecule has 0 spiro atoms. The van der Waals surface area contributed by atoms with E-state index in [2.05, 4.69) is 26.0 Å². The Morgan fingerprint density at radius 1 is 1.10 bits per heavy atom. The fourth-order valence-corrected chi connectivity index (χ4v) is 2.90. The van der Waals surface area contributed by atoms with Crippen molar-refractivity contribution in [1.82, 2.24) is 4.72 Å². The molecule has 0 aliphatic heterocycles. The molecular formula is C15H17BrN2O2S. The fraction of sp³-hybridized carbons (Fsp3) is 0.200. The molecule has 0 aromatic heterocycles. The lowest BCUT2D eigenvalue weighted by Gasteiger charge is -2.12. The monoisotopic (exact) mass is 368 g/mol. The van der Waals surface area contributed by atoms with Crippen LogP contribution >= 0.6 is 15.9 Å². The molecule has 0 atom stereocenters. The average molecular weight is 369 g/mol. The van der Waals surface area contributed by atoms with Crippen LogP contribution in [0.4, 0.5) is 5.69 Å². The van der Waals surface area contributed by atoms with E-state index in [4.69, 9.17) is 0 Å². The summed E-state index contributed by atoms with van der Waals surface area (Å²) < 4.78 is 27.0. The summed E-state index contributed by atoms with van der Waals surface area (Å²) in [7, 11) is -2.02. The first-order valence-corrected chi connectivity index (χ1v) is 8.72. The van der Waals surface area contributed by atoms with Crippen LogP contribution in [0.2, 0.25) is 0 Å². The van der Waals surface area contributed by atoms with Crippen LogP contribution in [0.5, 0.6) is 0 Å². The summed E-state index contributed by atoms with van der Waals surface area (Å²) in [5, 5.41) is 3.28. The fourth-order valence-electron chi connectivity index (χ4n) is 1.88.